The van der Waals surface area contributed by atoms with Gasteiger partial charge >= 0.3 is 6.03 Å². The molecule has 0 saturated carbocycles. The first-order valence-corrected chi connectivity index (χ1v) is 8.31. The highest BCUT2D eigenvalue weighted by atomic mass is 16.5. The van der Waals surface area contributed by atoms with Crippen molar-refractivity contribution in [3.05, 3.63) is 65.4 Å². The molecule has 0 aliphatic carbocycles. The number of nitrogens with one attached hydrogen (secondary N) is 2. The van der Waals surface area contributed by atoms with E-state index in [9.17, 15) is 14.4 Å². The number of imide groups is 1. The van der Waals surface area contributed by atoms with E-state index in [-0.39, 0.29) is 12.2 Å². The molecule has 1 heterocycles. The molecule has 2 N–H and O–H groups in total. The van der Waals surface area contributed by atoms with E-state index in [1.54, 1.807) is 49.6 Å². The number of aryl methyl sites for hydroxylation is 1. The largest absolute Gasteiger partial charge is 0.497 e. The van der Waals surface area contributed by atoms with Gasteiger partial charge in [-0.15, -0.1) is 0 Å². The fourth-order valence-electron chi connectivity index (χ4n) is 2.65. The summed E-state index contributed by atoms with van der Waals surface area (Å²) in [6, 6.07) is 13.7. The Morgan fingerprint density at radius 3 is 2.59 bits per heavy atom. The SMILES string of the molecule is COc1ccc(/C=C2/NC(=O)N(CC(=O)Nc3cccc(C)c3)C2=O)cc1. The molecule has 4 amide bonds. The van der Waals surface area contributed by atoms with Crippen LogP contribution >= 0.6 is 0 Å². The van der Waals surface area contributed by atoms with Gasteiger partial charge in [0.25, 0.3) is 5.91 Å². The molecular formula is C20H19N3O4. The number of carbonyl (C=O) groups is 3. The van der Waals surface area contributed by atoms with Crippen molar-refractivity contribution in [3.8, 4) is 5.75 Å². The highest BCUT2D eigenvalue weighted by Gasteiger charge is 2.34. The second kappa shape index (κ2) is 7.74. The minimum atomic E-state index is -0.626. The van der Waals surface area contributed by atoms with E-state index in [4.69, 9.17) is 4.74 Å². The van der Waals surface area contributed by atoms with Crippen LogP contribution in [0.4, 0.5) is 10.5 Å². The summed E-state index contributed by atoms with van der Waals surface area (Å²) in [7, 11) is 1.56. The van der Waals surface area contributed by atoms with E-state index in [2.05, 4.69) is 10.6 Å². The molecule has 2 aromatic carbocycles. The normalized spacial score (nSPS) is 15.0. The molecule has 3 rings (SSSR count). The molecule has 0 aromatic heterocycles. The summed E-state index contributed by atoms with van der Waals surface area (Å²) < 4.78 is 5.08. The molecular weight excluding hydrogens is 346 g/mol. The Bertz CT molecular complexity index is 919. The van der Waals surface area contributed by atoms with E-state index in [0.29, 0.717) is 11.4 Å². The number of carbonyl (C=O) groups excluding carboxylic acids is 3. The Labute approximate surface area is 156 Å². The van der Waals surface area contributed by atoms with Crippen molar-refractivity contribution >= 4 is 29.6 Å². The first kappa shape index (κ1) is 18.2. The lowest BCUT2D eigenvalue weighted by atomic mass is 10.2. The summed E-state index contributed by atoms with van der Waals surface area (Å²) in [5, 5.41) is 5.18. The second-order valence-electron chi connectivity index (χ2n) is 6.07. The molecule has 1 aliphatic heterocycles. The summed E-state index contributed by atoms with van der Waals surface area (Å²) in [4.78, 5) is 37.6. The number of methoxy groups -OCH3 is 1. The van der Waals surface area contributed by atoms with Crippen molar-refractivity contribution < 1.29 is 19.1 Å². The molecule has 0 unspecified atom stereocenters. The van der Waals surface area contributed by atoms with Gasteiger partial charge in [-0.25, -0.2) is 9.69 Å². The Morgan fingerprint density at radius 1 is 1.19 bits per heavy atom. The standard InChI is InChI=1S/C20H19N3O4/c1-13-4-3-5-15(10-13)21-18(24)12-23-19(25)17(22-20(23)26)11-14-6-8-16(27-2)9-7-14/h3-11H,12H2,1-2H3,(H,21,24)(H,22,26)/b17-11+. The van der Waals surface area contributed by atoms with Gasteiger partial charge in [-0.1, -0.05) is 24.3 Å². The molecule has 27 heavy (non-hydrogen) atoms. The molecule has 0 atom stereocenters. The van der Waals surface area contributed by atoms with E-state index < -0.39 is 17.8 Å². The Balaban J connectivity index is 1.68. The smallest absolute Gasteiger partial charge is 0.329 e. The van der Waals surface area contributed by atoms with Crippen molar-refractivity contribution in [1.82, 2.24) is 10.2 Å². The molecule has 1 saturated heterocycles. The summed E-state index contributed by atoms with van der Waals surface area (Å²) in [6.07, 6.45) is 1.55. The lowest BCUT2D eigenvalue weighted by Gasteiger charge is -2.12. The third kappa shape index (κ3) is 4.33. The van der Waals surface area contributed by atoms with E-state index in [1.165, 1.54) is 0 Å². The van der Waals surface area contributed by atoms with Crippen LogP contribution < -0.4 is 15.4 Å². The molecule has 7 nitrogen and oxygen atoms in total. The van der Waals surface area contributed by atoms with Crippen LogP contribution in [0.5, 0.6) is 5.75 Å². The van der Waals surface area contributed by atoms with Crippen LogP contribution in [0, 0.1) is 6.92 Å². The monoisotopic (exact) mass is 365 g/mol. The quantitative estimate of drug-likeness (QED) is 0.630. The summed E-state index contributed by atoms with van der Waals surface area (Å²) in [6.45, 7) is 1.54. The van der Waals surface area contributed by atoms with E-state index in [1.807, 2.05) is 19.1 Å². The topological polar surface area (TPSA) is 87.7 Å². The van der Waals surface area contributed by atoms with E-state index in [0.717, 1.165) is 16.0 Å². The maximum absolute atomic E-state index is 12.5. The lowest BCUT2D eigenvalue weighted by molar-refractivity contribution is -0.127. The summed E-state index contributed by atoms with van der Waals surface area (Å²) in [5.74, 6) is -0.307. The first-order chi connectivity index (χ1) is 13.0. The highest BCUT2D eigenvalue weighted by Crippen LogP contribution is 2.17. The average Bonchev–Trinajstić information content (AvgIpc) is 2.90. The van der Waals surface area contributed by atoms with Crippen molar-refractivity contribution in [2.75, 3.05) is 19.0 Å². The minimum absolute atomic E-state index is 0.119. The zero-order chi connectivity index (χ0) is 19.4. The molecule has 0 bridgehead atoms. The van der Waals surface area contributed by atoms with Crippen molar-refractivity contribution in [3.63, 3.8) is 0 Å². The Morgan fingerprint density at radius 2 is 1.93 bits per heavy atom. The van der Waals surface area contributed by atoms with Crippen molar-refractivity contribution in [2.24, 2.45) is 0 Å². The predicted molar refractivity (Wildman–Crippen MR) is 101 cm³/mol. The average molecular weight is 365 g/mol. The number of nitrogens with zero attached hydrogens (tertiary/aromatic N) is 1. The maximum atomic E-state index is 12.5. The zero-order valence-corrected chi connectivity index (χ0v) is 15.0. The predicted octanol–water partition coefficient (Wildman–Crippen LogP) is 2.54. The van der Waals surface area contributed by atoms with Gasteiger partial charge in [-0.05, 0) is 48.4 Å². The summed E-state index contributed by atoms with van der Waals surface area (Å²) >= 11 is 0. The molecule has 2 aromatic rings. The van der Waals surface area contributed by atoms with Gasteiger partial charge < -0.3 is 15.4 Å². The van der Waals surface area contributed by atoms with Crippen LogP contribution in [-0.4, -0.2) is 36.4 Å². The highest BCUT2D eigenvalue weighted by molar-refractivity contribution is 6.15. The minimum Gasteiger partial charge on any atom is -0.497 e. The van der Waals surface area contributed by atoms with Gasteiger partial charge in [0.15, 0.2) is 0 Å². The van der Waals surface area contributed by atoms with E-state index >= 15 is 0 Å². The first-order valence-electron chi connectivity index (χ1n) is 8.31. The molecule has 138 valence electrons. The fraction of sp³-hybridized carbons (Fsp3) is 0.150. The summed E-state index contributed by atoms with van der Waals surface area (Å²) in [5.41, 5.74) is 2.45. The molecule has 0 spiro atoms. The zero-order valence-electron chi connectivity index (χ0n) is 15.0. The van der Waals surface area contributed by atoms with Gasteiger partial charge in [-0.2, -0.15) is 0 Å². The van der Waals surface area contributed by atoms with Crippen LogP contribution in [0.1, 0.15) is 11.1 Å². The third-order valence-corrected chi connectivity index (χ3v) is 3.99. The van der Waals surface area contributed by atoms with Crippen molar-refractivity contribution in [2.45, 2.75) is 6.92 Å². The number of hydrogen-bond acceptors (Lipinski definition) is 4. The molecule has 7 heteroatoms. The number of rotatable bonds is 5. The van der Waals surface area contributed by atoms with Crippen molar-refractivity contribution in [1.29, 1.82) is 0 Å². The van der Waals surface area contributed by atoms with Crippen LogP contribution in [0.2, 0.25) is 0 Å². The molecule has 1 fully saturated rings. The van der Waals surface area contributed by atoms with Crippen LogP contribution in [0.3, 0.4) is 0 Å². The van der Waals surface area contributed by atoms with Gasteiger partial charge in [0.1, 0.15) is 18.0 Å². The number of anilines is 1. The number of hydrogen-bond donors (Lipinski definition) is 2. The Kier molecular flexibility index (Phi) is 5.21. The van der Waals surface area contributed by atoms with Gasteiger partial charge in [-0.3, -0.25) is 9.59 Å². The lowest BCUT2D eigenvalue weighted by Crippen LogP contribution is -2.38. The van der Waals surface area contributed by atoms with Gasteiger partial charge in [0.2, 0.25) is 5.91 Å². The molecule has 0 radical (unpaired) electrons. The van der Waals surface area contributed by atoms with Crippen LogP contribution in [0.25, 0.3) is 6.08 Å². The maximum Gasteiger partial charge on any atom is 0.329 e. The van der Waals surface area contributed by atoms with Crippen LogP contribution in [-0.2, 0) is 9.59 Å². The molecule has 1 aliphatic rings. The third-order valence-electron chi connectivity index (χ3n) is 3.99. The second-order valence-corrected chi connectivity index (χ2v) is 6.07. The number of amides is 4. The fourth-order valence-corrected chi connectivity index (χ4v) is 2.65. The number of ether oxygens (including phenoxy) is 1. The number of benzene rings is 2. The van der Waals surface area contributed by atoms with Gasteiger partial charge in [0.05, 0.1) is 7.11 Å². The number of urea groups is 1. The Hall–Kier alpha value is -3.61. The van der Waals surface area contributed by atoms with Gasteiger partial charge in [0, 0.05) is 5.69 Å². The van der Waals surface area contributed by atoms with Crippen LogP contribution in [0.15, 0.2) is 54.2 Å².